The minimum atomic E-state index is -0.234. The van der Waals surface area contributed by atoms with Gasteiger partial charge in [0, 0.05) is 0 Å². The fourth-order valence-electron chi connectivity index (χ4n) is 3.07. The molecule has 92 valence electrons. The number of aliphatic hydroxyl groups is 1. The first kappa shape index (κ1) is 11.9. The van der Waals surface area contributed by atoms with Crippen LogP contribution in [0.25, 0.3) is 0 Å². The Bertz CT molecular complexity index is 254. The first-order valence-corrected chi connectivity index (χ1v) is 6.40. The van der Waals surface area contributed by atoms with Gasteiger partial charge in [0.1, 0.15) is 5.54 Å². The zero-order valence-electron chi connectivity index (χ0n) is 10.0. The molecule has 0 saturated carbocycles. The van der Waals surface area contributed by atoms with Crippen LogP contribution in [0, 0.1) is 0 Å². The van der Waals surface area contributed by atoms with Crippen LogP contribution in [0.5, 0.6) is 0 Å². The molecule has 0 bridgehead atoms. The van der Waals surface area contributed by atoms with Crippen LogP contribution in [-0.2, 0) is 4.79 Å². The third-order valence-corrected chi connectivity index (χ3v) is 4.11. The van der Waals surface area contributed by atoms with Crippen LogP contribution >= 0.6 is 0 Å². The molecule has 2 heterocycles. The van der Waals surface area contributed by atoms with Crippen molar-refractivity contribution in [3.8, 4) is 0 Å². The van der Waals surface area contributed by atoms with E-state index in [1.54, 1.807) is 0 Å². The number of rotatable bonds is 4. The smallest absolute Gasteiger partial charge is 0.240 e. The summed E-state index contributed by atoms with van der Waals surface area (Å²) in [5, 5.41) is 12.1. The highest BCUT2D eigenvalue weighted by molar-refractivity contribution is 5.87. The van der Waals surface area contributed by atoms with Gasteiger partial charge >= 0.3 is 0 Å². The molecule has 0 aliphatic carbocycles. The molecule has 4 heteroatoms. The lowest BCUT2D eigenvalue weighted by Gasteiger charge is -2.32. The molecule has 4 nitrogen and oxygen atoms in total. The zero-order valence-corrected chi connectivity index (χ0v) is 10.0. The molecule has 0 spiro atoms. The number of nitrogens with zero attached hydrogens (tertiary/aromatic N) is 1. The fraction of sp³-hybridized carbons (Fsp3) is 0.917. The number of hydrogen-bond donors (Lipinski definition) is 2. The number of nitrogens with one attached hydrogen (secondary N) is 1. The maximum absolute atomic E-state index is 12.3. The summed E-state index contributed by atoms with van der Waals surface area (Å²) in [6.45, 7) is 4.14. The van der Waals surface area contributed by atoms with Gasteiger partial charge in [-0.05, 0) is 45.2 Å². The van der Waals surface area contributed by atoms with E-state index in [0.717, 1.165) is 45.2 Å². The summed E-state index contributed by atoms with van der Waals surface area (Å²) in [5.74, 6) is 0.142. The van der Waals surface area contributed by atoms with Crippen molar-refractivity contribution in [2.24, 2.45) is 0 Å². The standard InChI is InChI=1S/C12H22N2O2/c1-2-10(9-15)13-11(16)12-5-3-7-14(12)8-4-6-12/h10,15H,2-9H2,1H3,(H,13,16). The van der Waals surface area contributed by atoms with Crippen molar-refractivity contribution >= 4 is 5.91 Å². The van der Waals surface area contributed by atoms with Crippen LogP contribution in [0.1, 0.15) is 39.0 Å². The molecule has 2 N–H and O–H groups in total. The topological polar surface area (TPSA) is 52.6 Å². The third-order valence-electron chi connectivity index (χ3n) is 4.11. The Balaban J connectivity index is 2.03. The highest BCUT2D eigenvalue weighted by Crippen LogP contribution is 2.38. The molecule has 1 amide bonds. The van der Waals surface area contributed by atoms with E-state index >= 15 is 0 Å². The van der Waals surface area contributed by atoms with Crippen molar-refractivity contribution in [2.45, 2.75) is 50.6 Å². The molecular formula is C12H22N2O2. The van der Waals surface area contributed by atoms with Gasteiger partial charge in [0.25, 0.3) is 0 Å². The lowest BCUT2D eigenvalue weighted by Crippen LogP contribution is -2.54. The Morgan fingerprint density at radius 2 is 2.06 bits per heavy atom. The molecule has 1 unspecified atom stereocenters. The molecule has 0 aromatic rings. The van der Waals surface area contributed by atoms with Gasteiger partial charge in [-0.3, -0.25) is 9.69 Å². The Kier molecular flexibility index (Phi) is 3.50. The second kappa shape index (κ2) is 4.72. The first-order valence-electron chi connectivity index (χ1n) is 6.40. The third kappa shape index (κ3) is 1.84. The Hall–Kier alpha value is -0.610. The summed E-state index contributed by atoms with van der Waals surface area (Å²) >= 11 is 0. The van der Waals surface area contributed by atoms with Crippen molar-refractivity contribution in [3.63, 3.8) is 0 Å². The van der Waals surface area contributed by atoms with Crippen LogP contribution in [-0.4, -0.2) is 47.2 Å². The van der Waals surface area contributed by atoms with Crippen LogP contribution in [0.4, 0.5) is 0 Å². The molecule has 0 radical (unpaired) electrons. The molecule has 2 rings (SSSR count). The van der Waals surface area contributed by atoms with E-state index in [2.05, 4.69) is 10.2 Å². The van der Waals surface area contributed by atoms with Gasteiger partial charge in [-0.2, -0.15) is 0 Å². The Morgan fingerprint density at radius 3 is 2.56 bits per heavy atom. The minimum Gasteiger partial charge on any atom is -0.394 e. The van der Waals surface area contributed by atoms with Gasteiger partial charge in [-0.1, -0.05) is 6.92 Å². The van der Waals surface area contributed by atoms with Crippen molar-refractivity contribution in [3.05, 3.63) is 0 Å². The van der Waals surface area contributed by atoms with Crippen LogP contribution in [0.2, 0.25) is 0 Å². The van der Waals surface area contributed by atoms with Gasteiger partial charge in [0.05, 0.1) is 12.6 Å². The van der Waals surface area contributed by atoms with Crippen molar-refractivity contribution < 1.29 is 9.90 Å². The van der Waals surface area contributed by atoms with E-state index in [1.807, 2.05) is 6.92 Å². The summed E-state index contributed by atoms with van der Waals surface area (Å²) in [6.07, 6.45) is 5.02. The zero-order chi connectivity index (χ0) is 11.6. The quantitative estimate of drug-likeness (QED) is 0.734. The van der Waals surface area contributed by atoms with Crippen LogP contribution < -0.4 is 5.32 Å². The van der Waals surface area contributed by atoms with E-state index in [-0.39, 0.29) is 24.1 Å². The highest BCUT2D eigenvalue weighted by Gasteiger charge is 2.50. The maximum atomic E-state index is 12.3. The molecule has 1 atom stereocenters. The molecule has 0 aromatic heterocycles. The Labute approximate surface area is 97.0 Å². The predicted molar refractivity (Wildman–Crippen MR) is 62.1 cm³/mol. The van der Waals surface area contributed by atoms with E-state index in [4.69, 9.17) is 5.11 Å². The highest BCUT2D eigenvalue weighted by atomic mass is 16.3. The molecule has 0 aromatic carbocycles. The number of hydrogen-bond acceptors (Lipinski definition) is 3. The van der Waals surface area contributed by atoms with E-state index in [9.17, 15) is 4.79 Å². The van der Waals surface area contributed by atoms with Gasteiger partial charge in [-0.25, -0.2) is 0 Å². The summed E-state index contributed by atoms with van der Waals surface area (Å²) in [5.41, 5.74) is -0.234. The number of aliphatic hydroxyl groups excluding tert-OH is 1. The summed E-state index contributed by atoms with van der Waals surface area (Å²) in [7, 11) is 0. The van der Waals surface area contributed by atoms with Crippen molar-refractivity contribution in [2.75, 3.05) is 19.7 Å². The van der Waals surface area contributed by atoms with Gasteiger partial charge < -0.3 is 10.4 Å². The number of carbonyl (C=O) groups excluding carboxylic acids is 1. The largest absolute Gasteiger partial charge is 0.394 e. The summed E-state index contributed by atoms with van der Waals surface area (Å²) < 4.78 is 0. The van der Waals surface area contributed by atoms with Gasteiger partial charge in [-0.15, -0.1) is 0 Å². The molecule has 2 aliphatic rings. The van der Waals surface area contributed by atoms with Crippen LogP contribution in [0.15, 0.2) is 0 Å². The molecule has 2 saturated heterocycles. The summed E-state index contributed by atoms with van der Waals surface area (Å²) in [6, 6.07) is -0.0788. The van der Waals surface area contributed by atoms with Crippen molar-refractivity contribution in [1.82, 2.24) is 10.2 Å². The molecular weight excluding hydrogens is 204 g/mol. The average molecular weight is 226 g/mol. The number of fused-ring (bicyclic) bond motifs is 1. The van der Waals surface area contributed by atoms with E-state index < -0.39 is 0 Å². The van der Waals surface area contributed by atoms with E-state index in [0.29, 0.717) is 0 Å². The second-order valence-electron chi connectivity index (χ2n) is 4.99. The lowest BCUT2D eigenvalue weighted by molar-refractivity contribution is -0.131. The van der Waals surface area contributed by atoms with Gasteiger partial charge in [0.2, 0.25) is 5.91 Å². The number of carbonyl (C=O) groups is 1. The lowest BCUT2D eigenvalue weighted by atomic mass is 9.92. The van der Waals surface area contributed by atoms with Crippen molar-refractivity contribution in [1.29, 1.82) is 0 Å². The SMILES string of the molecule is CCC(CO)NC(=O)C12CCCN1CCC2. The molecule has 2 fully saturated rings. The minimum absolute atomic E-state index is 0.0400. The average Bonchev–Trinajstić information content (AvgIpc) is 2.84. The monoisotopic (exact) mass is 226 g/mol. The number of amides is 1. The predicted octanol–water partition coefficient (Wildman–Crippen LogP) is 0.502. The van der Waals surface area contributed by atoms with Crippen LogP contribution in [0.3, 0.4) is 0 Å². The molecule has 2 aliphatic heterocycles. The van der Waals surface area contributed by atoms with E-state index in [1.165, 1.54) is 0 Å². The Morgan fingerprint density at radius 1 is 1.44 bits per heavy atom. The van der Waals surface area contributed by atoms with Gasteiger partial charge in [0.15, 0.2) is 0 Å². The first-order chi connectivity index (χ1) is 7.73. The summed E-state index contributed by atoms with van der Waals surface area (Å²) in [4.78, 5) is 14.6. The molecule has 16 heavy (non-hydrogen) atoms. The fourth-order valence-corrected chi connectivity index (χ4v) is 3.07. The maximum Gasteiger partial charge on any atom is 0.240 e. The second-order valence-corrected chi connectivity index (χ2v) is 4.99. The normalized spacial score (nSPS) is 25.4.